The van der Waals surface area contributed by atoms with Crippen LogP contribution < -0.4 is 5.69 Å². The van der Waals surface area contributed by atoms with Crippen molar-refractivity contribution in [2.75, 3.05) is 0 Å². The number of rotatable bonds is 10. The Bertz CT molecular complexity index is 2690. The first-order chi connectivity index (χ1) is 27.0. The smallest absolute Gasteiger partial charge is 0.340 e. The van der Waals surface area contributed by atoms with Crippen LogP contribution >= 0.6 is 0 Å². The van der Waals surface area contributed by atoms with E-state index in [1.54, 1.807) is 9.13 Å². The first-order valence-electron chi connectivity index (χ1n) is 19.7. The Kier molecular flexibility index (Phi) is 11.2. The minimum absolute atomic E-state index is 0. The Labute approximate surface area is 350 Å². The molecule has 7 nitrogen and oxygen atoms in total. The number of hydrogen-bond acceptors (Lipinski definition) is 3. The maximum Gasteiger partial charge on any atom is 2.00 e. The predicted octanol–water partition coefficient (Wildman–Crippen LogP) is 11.6. The van der Waals surface area contributed by atoms with Gasteiger partial charge in [-0.05, 0) is 74.8 Å². The van der Waals surface area contributed by atoms with Crippen molar-refractivity contribution < 1.29 is 21.1 Å². The van der Waals surface area contributed by atoms with Crippen molar-refractivity contribution in [3.63, 3.8) is 0 Å². The molecule has 0 radical (unpaired) electrons. The fourth-order valence-electron chi connectivity index (χ4n) is 7.97. The maximum atomic E-state index is 14.8. The maximum absolute atomic E-state index is 14.8. The third-order valence-corrected chi connectivity index (χ3v) is 10.7. The molecule has 3 heterocycles. The molecule has 8 aromatic rings. The third-order valence-electron chi connectivity index (χ3n) is 10.7. The molecule has 290 valence electrons. The van der Waals surface area contributed by atoms with Gasteiger partial charge in [0, 0.05) is 41.8 Å². The molecule has 0 saturated heterocycles. The summed E-state index contributed by atoms with van der Waals surface area (Å²) in [5.74, 6) is 2.77. The van der Waals surface area contributed by atoms with Crippen LogP contribution in [0.2, 0.25) is 0 Å². The Morgan fingerprint density at radius 3 is 1.47 bits per heavy atom. The largest absolute Gasteiger partial charge is 2.00 e. The molecule has 0 atom stereocenters. The van der Waals surface area contributed by atoms with Crippen LogP contribution in [0.25, 0.3) is 56.6 Å². The van der Waals surface area contributed by atoms with E-state index in [2.05, 4.69) is 113 Å². The number of imidazole rings is 3. The fraction of sp³-hybridized carbons (Fsp3) is 0.245. The summed E-state index contributed by atoms with van der Waals surface area (Å²) in [6.45, 7) is 17.8. The van der Waals surface area contributed by atoms with Gasteiger partial charge in [0.2, 0.25) is 0 Å². The number of hydrogen-bond donors (Lipinski definition) is 0. The molecule has 0 N–H and O–H groups in total. The summed E-state index contributed by atoms with van der Waals surface area (Å²) in [6, 6.07) is 40.2. The van der Waals surface area contributed by atoms with Crippen molar-refractivity contribution >= 4 is 11.0 Å². The zero-order valence-corrected chi connectivity index (χ0v) is 36.0. The Morgan fingerprint density at radius 1 is 0.509 bits per heavy atom. The quantitative estimate of drug-likeness (QED) is 0.128. The van der Waals surface area contributed by atoms with E-state index in [1.807, 2.05) is 85.5 Å². The van der Waals surface area contributed by atoms with E-state index < -0.39 is 0 Å². The number of nitrogens with zero attached hydrogens (tertiary/aromatic N) is 6. The molecule has 0 saturated carbocycles. The van der Waals surface area contributed by atoms with Crippen molar-refractivity contribution in [1.82, 2.24) is 28.2 Å². The van der Waals surface area contributed by atoms with Crippen LogP contribution in [0.4, 0.5) is 0 Å². The summed E-state index contributed by atoms with van der Waals surface area (Å²) in [7, 11) is 0. The van der Waals surface area contributed by atoms with Gasteiger partial charge >= 0.3 is 26.8 Å². The molecule has 0 unspecified atom stereocenters. The van der Waals surface area contributed by atoms with Crippen molar-refractivity contribution in [1.29, 1.82) is 0 Å². The second-order valence-electron chi connectivity index (χ2n) is 15.8. The van der Waals surface area contributed by atoms with Gasteiger partial charge in [0.25, 0.3) is 0 Å². The van der Waals surface area contributed by atoms with Gasteiger partial charge in [-0.2, -0.15) is 0 Å². The molecule has 0 spiro atoms. The molecule has 0 aliphatic heterocycles. The molecule has 3 aromatic heterocycles. The average molecular weight is 932 g/mol. The van der Waals surface area contributed by atoms with Crippen LogP contribution in [0.3, 0.4) is 0 Å². The van der Waals surface area contributed by atoms with E-state index in [9.17, 15) is 4.79 Å². The summed E-state index contributed by atoms with van der Waals surface area (Å²) >= 11 is 0. The van der Waals surface area contributed by atoms with E-state index in [1.165, 1.54) is 22.3 Å². The molecule has 8 heteroatoms. The minimum atomic E-state index is -0.209. The molecule has 0 amide bonds. The Morgan fingerprint density at radius 2 is 0.982 bits per heavy atom. The van der Waals surface area contributed by atoms with Gasteiger partial charge in [0.1, 0.15) is 0 Å². The van der Waals surface area contributed by atoms with Gasteiger partial charge in [-0.1, -0.05) is 110 Å². The Hall–Kier alpha value is -5.52. The topological polar surface area (TPSA) is 62.6 Å². The van der Waals surface area contributed by atoms with Crippen LogP contribution in [0.15, 0.2) is 127 Å². The summed E-state index contributed by atoms with van der Waals surface area (Å²) in [6.07, 6.45) is 7.75. The van der Waals surface area contributed by atoms with Crippen LogP contribution in [-0.4, -0.2) is 28.2 Å². The van der Waals surface area contributed by atoms with Gasteiger partial charge in [-0.15, -0.1) is 53.6 Å². The average Bonchev–Trinajstić information content (AvgIpc) is 3.95. The summed E-state index contributed by atoms with van der Waals surface area (Å²) in [5, 5.41) is 0. The van der Waals surface area contributed by atoms with Crippen molar-refractivity contribution in [3.05, 3.63) is 167 Å². The number of fused-ring (bicyclic) bond motifs is 1. The third kappa shape index (κ3) is 7.08. The fourth-order valence-corrected chi connectivity index (χ4v) is 7.97. The minimum Gasteiger partial charge on any atom is -0.340 e. The second-order valence-corrected chi connectivity index (χ2v) is 15.8. The van der Waals surface area contributed by atoms with E-state index in [4.69, 9.17) is 9.97 Å². The monoisotopic (exact) mass is 931 g/mol. The van der Waals surface area contributed by atoms with Gasteiger partial charge in [-0.3, -0.25) is 14.5 Å². The van der Waals surface area contributed by atoms with Crippen LogP contribution in [-0.2, 0) is 21.1 Å². The SMILES string of the molecule is CC(C)c1cccc(C(C)C)c1-n1ccnc1-c1[c-]c(-n2c(=O)n(-c3ccccc3)c3ccc(-c4nccn4-c4c(C(C)C)cccc4C(C)C)[c-]c32)ccc1.[Pt+2]. The molecule has 0 aliphatic rings. The van der Waals surface area contributed by atoms with E-state index >= 15 is 0 Å². The van der Waals surface area contributed by atoms with E-state index in [0.29, 0.717) is 34.9 Å². The summed E-state index contributed by atoms with van der Waals surface area (Å²) < 4.78 is 7.84. The van der Waals surface area contributed by atoms with Crippen LogP contribution in [0.5, 0.6) is 0 Å². The Balaban J connectivity index is 0.00000496. The van der Waals surface area contributed by atoms with E-state index in [0.717, 1.165) is 45.4 Å². The molecular formula is C49H48N6OPt. The molecule has 0 bridgehead atoms. The van der Waals surface area contributed by atoms with E-state index in [-0.39, 0.29) is 26.8 Å². The first-order valence-corrected chi connectivity index (χ1v) is 19.7. The predicted molar refractivity (Wildman–Crippen MR) is 228 cm³/mol. The van der Waals surface area contributed by atoms with Crippen molar-refractivity contribution in [3.8, 4) is 45.5 Å². The van der Waals surface area contributed by atoms with Gasteiger partial charge in [-0.25, -0.2) is 4.79 Å². The van der Waals surface area contributed by atoms with Gasteiger partial charge in [0.15, 0.2) is 0 Å². The molecular weight excluding hydrogens is 884 g/mol. The van der Waals surface area contributed by atoms with Crippen molar-refractivity contribution in [2.24, 2.45) is 0 Å². The number of para-hydroxylation sites is 3. The summed E-state index contributed by atoms with van der Waals surface area (Å²) in [4.78, 5) is 24.6. The zero-order valence-electron chi connectivity index (χ0n) is 33.8. The second kappa shape index (κ2) is 16.1. The van der Waals surface area contributed by atoms with Gasteiger partial charge < -0.3 is 13.7 Å². The normalized spacial score (nSPS) is 11.7. The van der Waals surface area contributed by atoms with Crippen LogP contribution in [0, 0.1) is 12.1 Å². The zero-order chi connectivity index (χ0) is 39.2. The molecule has 0 fully saturated rings. The van der Waals surface area contributed by atoms with Crippen molar-refractivity contribution in [2.45, 2.75) is 79.1 Å². The number of aromatic nitrogens is 6. The number of benzene rings is 5. The van der Waals surface area contributed by atoms with Crippen LogP contribution in [0.1, 0.15) is 101 Å². The molecule has 8 rings (SSSR count). The molecule has 57 heavy (non-hydrogen) atoms. The summed E-state index contributed by atoms with van der Waals surface area (Å²) in [5.41, 5.74) is 11.4. The molecule has 0 aliphatic carbocycles. The first kappa shape index (κ1) is 39.7. The standard InChI is InChI=1S/C49H48N6O.Pt/c1-31(2)39-19-13-20-40(32(3)4)45(39)52-27-25-50-47(52)35-15-12-18-38(29-35)55-44-30-36(23-24-43(44)54(49(55)56)37-16-10-9-11-17-37)48-51-26-28-53(48)46-41(33(5)6)21-14-22-42(46)34(7)8;/h9-28,31-34H,1-8H3;/q-2;+2. The van der Waals surface area contributed by atoms with Gasteiger partial charge in [0.05, 0.1) is 11.6 Å². The molecule has 5 aromatic carbocycles.